The first kappa shape index (κ1) is 17.6. The minimum absolute atomic E-state index is 0.0220. The van der Waals surface area contributed by atoms with Crippen molar-refractivity contribution in [1.29, 1.82) is 0 Å². The summed E-state index contributed by atoms with van der Waals surface area (Å²) in [6.45, 7) is 2.69. The van der Waals surface area contributed by atoms with E-state index < -0.39 is 0 Å². The van der Waals surface area contributed by atoms with E-state index in [1.54, 1.807) is 17.0 Å². The average Bonchev–Trinajstić information content (AvgIpc) is 2.91. The number of carbonyl (C=O) groups excluding carboxylic acids is 1. The molecule has 0 unspecified atom stereocenters. The van der Waals surface area contributed by atoms with Gasteiger partial charge in [0.2, 0.25) is 5.91 Å². The number of piperazine rings is 1. The third-order valence-electron chi connectivity index (χ3n) is 4.36. The van der Waals surface area contributed by atoms with Crippen LogP contribution in [-0.4, -0.2) is 56.2 Å². The fourth-order valence-electron chi connectivity index (χ4n) is 2.84. The Morgan fingerprint density at radius 3 is 2.60 bits per heavy atom. The molecule has 1 aliphatic rings. The van der Waals surface area contributed by atoms with Crippen molar-refractivity contribution >= 4 is 17.5 Å². The standard InChI is InChI=1S/C16H19ClFN5O2/c1-20-16(25)23(11-19-20)10-15(24)22-7-5-21(6-8-22)9-12-13(17)3-2-4-14(12)18/h2-4,11H,5-10H2,1H3. The van der Waals surface area contributed by atoms with Gasteiger partial charge < -0.3 is 4.90 Å². The molecule has 25 heavy (non-hydrogen) atoms. The molecule has 1 aliphatic heterocycles. The molecule has 0 saturated carbocycles. The Hall–Kier alpha value is -2.19. The summed E-state index contributed by atoms with van der Waals surface area (Å²) in [6.07, 6.45) is 1.36. The number of hydrogen-bond donors (Lipinski definition) is 0. The van der Waals surface area contributed by atoms with Crippen LogP contribution in [-0.2, 0) is 24.9 Å². The molecular formula is C16H19ClFN5O2. The molecule has 134 valence electrons. The molecule has 0 atom stereocenters. The van der Waals surface area contributed by atoms with Crippen LogP contribution in [0.4, 0.5) is 4.39 Å². The van der Waals surface area contributed by atoms with Gasteiger partial charge in [-0.25, -0.2) is 13.9 Å². The molecular weight excluding hydrogens is 349 g/mol. The second-order valence-corrected chi connectivity index (χ2v) is 6.43. The number of rotatable bonds is 4. The fourth-order valence-corrected chi connectivity index (χ4v) is 3.06. The molecule has 3 rings (SSSR count). The van der Waals surface area contributed by atoms with E-state index in [1.807, 2.05) is 0 Å². The lowest BCUT2D eigenvalue weighted by molar-refractivity contribution is -0.133. The van der Waals surface area contributed by atoms with Crippen LogP contribution >= 0.6 is 11.6 Å². The Labute approximate surface area is 149 Å². The predicted molar refractivity (Wildman–Crippen MR) is 90.7 cm³/mol. The highest BCUT2D eigenvalue weighted by Gasteiger charge is 2.23. The van der Waals surface area contributed by atoms with Crippen molar-refractivity contribution in [2.75, 3.05) is 26.2 Å². The third kappa shape index (κ3) is 3.91. The molecule has 1 saturated heterocycles. The van der Waals surface area contributed by atoms with Crippen LogP contribution in [0.5, 0.6) is 0 Å². The molecule has 7 nitrogen and oxygen atoms in total. The van der Waals surface area contributed by atoms with Crippen LogP contribution < -0.4 is 5.69 Å². The summed E-state index contributed by atoms with van der Waals surface area (Å²) in [5.41, 5.74) is 0.159. The smallest absolute Gasteiger partial charge is 0.339 e. The topological polar surface area (TPSA) is 63.4 Å². The molecule has 0 radical (unpaired) electrons. The van der Waals surface area contributed by atoms with Gasteiger partial charge in [0, 0.05) is 50.4 Å². The minimum atomic E-state index is -0.318. The molecule has 1 amide bonds. The summed E-state index contributed by atoms with van der Waals surface area (Å²) in [5.74, 6) is -0.444. The number of halogens is 2. The maximum Gasteiger partial charge on any atom is 0.345 e. The molecule has 1 aromatic heterocycles. The summed E-state index contributed by atoms with van der Waals surface area (Å²) in [7, 11) is 1.54. The zero-order valence-electron chi connectivity index (χ0n) is 13.9. The number of nitrogens with zero attached hydrogens (tertiary/aromatic N) is 5. The Morgan fingerprint density at radius 1 is 1.28 bits per heavy atom. The maximum absolute atomic E-state index is 13.9. The number of benzene rings is 1. The molecule has 0 aliphatic carbocycles. The number of amides is 1. The molecule has 0 spiro atoms. The first-order valence-electron chi connectivity index (χ1n) is 7.97. The lowest BCUT2D eigenvalue weighted by Crippen LogP contribution is -2.49. The highest BCUT2D eigenvalue weighted by molar-refractivity contribution is 6.31. The Morgan fingerprint density at radius 2 is 2.00 bits per heavy atom. The molecule has 1 aromatic carbocycles. The van der Waals surface area contributed by atoms with E-state index in [4.69, 9.17) is 11.6 Å². The van der Waals surface area contributed by atoms with E-state index >= 15 is 0 Å². The molecule has 1 fully saturated rings. The van der Waals surface area contributed by atoms with Gasteiger partial charge in [0.15, 0.2) is 0 Å². The van der Waals surface area contributed by atoms with E-state index in [9.17, 15) is 14.0 Å². The molecule has 2 aromatic rings. The van der Waals surface area contributed by atoms with Crippen molar-refractivity contribution < 1.29 is 9.18 Å². The monoisotopic (exact) mass is 367 g/mol. The van der Waals surface area contributed by atoms with Crippen LogP contribution in [0.3, 0.4) is 0 Å². The van der Waals surface area contributed by atoms with Gasteiger partial charge >= 0.3 is 5.69 Å². The van der Waals surface area contributed by atoms with E-state index in [0.29, 0.717) is 43.3 Å². The van der Waals surface area contributed by atoms with Crippen LogP contribution in [0.25, 0.3) is 0 Å². The normalized spacial score (nSPS) is 15.6. The molecule has 0 N–H and O–H groups in total. The van der Waals surface area contributed by atoms with Crippen LogP contribution in [0.2, 0.25) is 5.02 Å². The van der Waals surface area contributed by atoms with E-state index in [0.717, 1.165) is 0 Å². The quantitative estimate of drug-likeness (QED) is 0.798. The number of aromatic nitrogens is 3. The maximum atomic E-state index is 13.9. The van der Waals surface area contributed by atoms with Crippen LogP contribution in [0.15, 0.2) is 29.3 Å². The zero-order chi connectivity index (χ0) is 18.0. The van der Waals surface area contributed by atoms with Gasteiger partial charge in [0.05, 0.1) is 0 Å². The van der Waals surface area contributed by atoms with E-state index in [1.165, 1.54) is 28.7 Å². The molecule has 2 heterocycles. The zero-order valence-corrected chi connectivity index (χ0v) is 14.6. The second kappa shape index (κ2) is 7.37. The highest BCUT2D eigenvalue weighted by Crippen LogP contribution is 2.21. The van der Waals surface area contributed by atoms with Crippen LogP contribution in [0.1, 0.15) is 5.56 Å². The third-order valence-corrected chi connectivity index (χ3v) is 4.71. The number of aryl methyl sites for hydroxylation is 1. The van der Waals surface area contributed by atoms with Crippen molar-refractivity contribution in [2.24, 2.45) is 7.05 Å². The molecule has 9 heteroatoms. The van der Waals surface area contributed by atoms with E-state index in [-0.39, 0.29) is 24.0 Å². The first-order valence-corrected chi connectivity index (χ1v) is 8.35. The van der Waals surface area contributed by atoms with Crippen molar-refractivity contribution in [3.8, 4) is 0 Å². The fraction of sp³-hybridized carbons (Fsp3) is 0.438. The number of hydrogen-bond acceptors (Lipinski definition) is 4. The largest absolute Gasteiger partial charge is 0.345 e. The summed E-state index contributed by atoms with van der Waals surface area (Å²) < 4.78 is 16.3. The summed E-state index contributed by atoms with van der Waals surface area (Å²) >= 11 is 6.06. The Balaban J connectivity index is 1.56. The van der Waals surface area contributed by atoms with Crippen molar-refractivity contribution in [3.63, 3.8) is 0 Å². The van der Waals surface area contributed by atoms with Gasteiger partial charge in [0.1, 0.15) is 18.7 Å². The summed E-state index contributed by atoms with van der Waals surface area (Å²) in [4.78, 5) is 27.8. The lowest BCUT2D eigenvalue weighted by atomic mass is 10.2. The molecule has 0 bridgehead atoms. The van der Waals surface area contributed by atoms with Crippen molar-refractivity contribution in [2.45, 2.75) is 13.1 Å². The van der Waals surface area contributed by atoms with Crippen molar-refractivity contribution in [1.82, 2.24) is 24.1 Å². The first-order chi connectivity index (χ1) is 12.0. The van der Waals surface area contributed by atoms with Gasteiger partial charge in [-0.3, -0.25) is 14.3 Å². The van der Waals surface area contributed by atoms with Gasteiger partial charge in [-0.1, -0.05) is 17.7 Å². The lowest BCUT2D eigenvalue weighted by Gasteiger charge is -2.35. The summed E-state index contributed by atoms with van der Waals surface area (Å²) in [6, 6.07) is 4.65. The average molecular weight is 368 g/mol. The van der Waals surface area contributed by atoms with Crippen LogP contribution in [0, 0.1) is 5.82 Å². The Kier molecular flexibility index (Phi) is 5.19. The minimum Gasteiger partial charge on any atom is -0.339 e. The van der Waals surface area contributed by atoms with Gasteiger partial charge in [-0.2, -0.15) is 5.10 Å². The summed E-state index contributed by atoms with van der Waals surface area (Å²) in [5, 5.41) is 4.24. The second-order valence-electron chi connectivity index (χ2n) is 6.02. The Bertz CT molecular complexity index is 806. The van der Waals surface area contributed by atoms with Gasteiger partial charge in [0.25, 0.3) is 0 Å². The number of carbonyl (C=O) groups is 1. The van der Waals surface area contributed by atoms with Gasteiger partial charge in [-0.15, -0.1) is 0 Å². The van der Waals surface area contributed by atoms with Gasteiger partial charge in [-0.05, 0) is 12.1 Å². The highest BCUT2D eigenvalue weighted by atomic mass is 35.5. The van der Waals surface area contributed by atoms with Crippen molar-refractivity contribution in [3.05, 3.63) is 51.4 Å². The van der Waals surface area contributed by atoms with E-state index in [2.05, 4.69) is 10.00 Å². The predicted octanol–water partition coefficient (Wildman–Crippen LogP) is 0.719. The SMILES string of the molecule is Cn1ncn(CC(=O)N2CCN(Cc3c(F)cccc3Cl)CC2)c1=O.